The molecule has 0 aliphatic rings. The van der Waals surface area contributed by atoms with Crippen molar-refractivity contribution < 1.29 is 14.7 Å². The van der Waals surface area contributed by atoms with Crippen molar-refractivity contribution in [3.05, 3.63) is 65.7 Å². The molecule has 0 saturated carbocycles. The number of carbonyl (C=O) groups excluding carboxylic acids is 1. The molecule has 0 atom stereocenters. The van der Waals surface area contributed by atoms with Gasteiger partial charge in [-0.3, -0.25) is 9.48 Å². The molecule has 0 radical (unpaired) electrons. The van der Waals surface area contributed by atoms with Crippen LogP contribution in [0, 0.1) is 0 Å². The van der Waals surface area contributed by atoms with Gasteiger partial charge in [0.2, 0.25) is 0 Å². The Morgan fingerprint density at radius 2 is 2.08 bits per heavy atom. The molecular weight excluding hydrogens is 310 g/mol. The minimum absolute atomic E-state index is 0.0232. The summed E-state index contributed by atoms with van der Waals surface area (Å²) >= 11 is 0. The molecule has 8 nitrogen and oxygen atoms in total. The minimum Gasteiger partial charge on any atom is -0.476 e. The van der Waals surface area contributed by atoms with Crippen molar-refractivity contribution in [2.24, 2.45) is 7.05 Å². The van der Waals surface area contributed by atoms with Crippen LogP contribution in [0.25, 0.3) is 5.69 Å². The molecule has 0 aliphatic carbocycles. The SMILES string of the molecule is Cn1nccc1C(=O)NCc1cccc(-n2ccc(C(=O)O)n2)c1. The van der Waals surface area contributed by atoms with E-state index >= 15 is 0 Å². The summed E-state index contributed by atoms with van der Waals surface area (Å²) in [6, 6.07) is 10.4. The highest BCUT2D eigenvalue weighted by molar-refractivity contribution is 5.92. The molecule has 3 rings (SSSR count). The van der Waals surface area contributed by atoms with E-state index < -0.39 is 5.97 Å². The van der Waals surface area contributed by atoms with Crippen LogP contribution in [0.1, 0.15) is 26.5 Å². The molecule has 2 N–H and O–H groups in total. The van der Waals surface area contributed by atoms with Gasteiger partial charge < -0.3 is 10.4 Å². The average Bonchev–Trinajstić information content (AvgIpc) is 3.22. The average molecular weight is 325 g/mol. The molecule has 24 heavy (non-hydrogen) atoms. The second-order valence-corrected chi connectivity index (χ2v) is 5.14. The third-order valence-corrected chi connectivity index (χ3v) is 3.49. The molecule has 2 aromatic heterocycles. The van der Waals surface area contributed by atoms with Crippen LogP contribution in [0.4, 0.5) is 0 Å². The molecule has 0 aliphatic heterocycles. The number of hydrogen-bond donors (Lipinski definition) is 2. The molecule has 0 spiro atoms. The number of nitrogens with zero attached hydrogens (tertiary/aromatic N) is 4. The van der Waals surface area contributed by atoms with E-state index in [0.717, 1.165) is 11.3 Å². The Kier molecular flexibility index (Phi) is 4.11. The number of carboxylic acid groups (broad SMARTS) is 1. The van der Waals surface area contributed by atoms with Gasteiger partial charge in [0.05, 0.1) is 5.69 Å². The van der Waals surface area contributed by atoms with Crippen molar-refractivity contribution >= 4 is 11.9 Å². The number of carboxylic acids is 1. The third kappa shape index (κ3) is 3.17. The first-order valence-electron chi connectivity index (χ1n) is 7.19. The van der Waals surface area contributed by atoms with Gasteiger partial charge in [-0.2, -0.15) is 10.2 Å². The van der Waals surface area contributed by atoms with Crippen LogP contribution in [0.2, 0.25) is 0 Å². The highest BCUT2D eigenvalue weighted by Crippen LogP contribution is 2.11. The molecular formula is C16H15N5O3. The zero-order chi connectivity index (χ0) is 17.1. The van der Waals surface area contributed by atoms with Crippen molar-refractivity contribution in [2.45, 2.75) is 6.54 Å². The van der Waals surface area contributed by atoms with Gasteiger partial charge in [-0.25, -0.2) is 9.48 Å². The summed E-state index contributed by atoms with van der Waals surface area (Å²) in [4.78, 5) is 23.0. The number of hydrogen-bond acceptors (Lipinski definition) is 4. The molecule has 0 fully saturated rings. The number of aromatic carboxylic acids is 1. The van der Waals surface area contributed by atoms with Crippen LogP contribution >= 0.6 is 0 Å². The van der Waals surface area contributed by atoms with Gasteiger partial charge in [0, 0.05) is 26.0 Å². The number of carbonyl (C=O) groups is 2. The Labute approximate surface area is 137 Å². The van der Waals surface area contributed by atoms with Crippen molar-refractivity contribution in [1.29, 1.82) is 0 Å². The molecule has 8 heteroatoms. The third-order valence-electron chi connectivity index (χ3n) is 3.49. The van der Waals surface area contributed by atoms with Crippen LogP contribution < -0.4 is 5.32 Å². The zero-order valence-corrected chi connectivity index (χ0v) is 12.9. The van der Waals surface area contributed by atoms with Crippen LogP contribution in [0.15, 0.2) is 48.8 Å². The first kappa shape index (κ1) is 15.5. The Hall–Kier alpha value is -3.42. The van der Waals surface area contributed by atoms with E-state index in [-0.39, 0.29) is 11.6 Å². The van der Waals surface area contributed by atoms with Gasteiger partial charge in [-0.15, -0.1) is 0 Å². The molecule has 0 saturated heterocycles. The van der Waals surface area contributed by atoms with Gasteiger partial charge in [0.1, 0.15) is 5.69 Å². The topological polar surface area (TPSA) is 102 Å². The second kappa shape index (κ2) is 6.37. The summed E-state index contributed by atoms with van der Waals surface area (Å²) in [6.45, 7) is 0.338. The predicted octanol–water partition coefficient (Wildman–Crippen LogP) is 1.23. The molecule has 0 bridgehead atoms. The standard InChI is InChI=1S/C16H15N5O3/c1-20-14(5-7-18-20)15(22)17-10-11-3-2-4-12(9-11)21-8-6-13(19-21)16(23)24/h2-9H,10H2,1H3,(H,17,22)(H,23,24). The van der Waals surface area contributed by atoms with Crippen molar-refractivity contribution in [3.63, 3.8) is 0 Å². The van der Waals surface area contributed by atoms with Crippen molar-refractivity contribution in [1.82, 2.24) is 24.9 Å². The Morgan fingerprint density at radius 1 is 1.25 bits per heavy atom. The van der Waals surface area contributed by atoms with E-state index in [0.29, 0.717) is 12.2 Å². The maximum atomic E-state index is 12.1. The zero-order valence-electron chi connectivity index (χ0n) is 12.9. The van der Waals surface area contributed by atoms with Crippen LogP contribution in [-0.4, -0.2) is 36.5 Å². The van der Waals surface area contributed by atoms with Gasteiger partial charge >= 0.3 is 5.97 Å². The number of rotatable bonds is 5. The van der Waals surface area contributed by atoms with Gasteiger partial charge in [-0.05, 0) is 29.8 Å². The minimum atomic E-state index is -1.08. The molecule has 122 valence electrons. The van der Waals surface area contributed by atoms with Gasteiger partial charge in [-0.1, -0.05) is 12.1 Å². The largest absolute Gasteiger partial charge is 0.476 e. The summed E-state index contributed by atoms with van der Waals surface area (Å²) in [5, 5.41) is 19.7. The Balaban J connectivity index is 1.72. The van der Waals surface area contributed by atoms with E-state index in [1.807, 2.05) is 24.3 Å². The Morgan fingerprint density at radius 3 is 2.75 bits per heavy atom. The summed E-state index contributed by atoms with van der Waals surface area (Å²) in [5.74, 6) is -1.29. The number of aryl methyl sites for hydroxylation is 1. The first-order valence-corrected chi connectivity index (χ1v) is 7.19. The fraction of sp³-hybridized carbons (Fsp3) is 0.125. The maximum absolute atomic E-state index is 12.1. The lowest BCUT2D eigenvalue weighted by molar-refractivity contribution is 0.0689. The van der Waals surface area contributed by atoms with Crippen LogP contribution in [-0.2, 0) is 13.6 Å². The lowest BCUT2D eigenvalue weighted by atomic mass is 10.2. The lowest BCUT2D eigenvalue weighted by Gasteiger charge is -2.08. The summed E-state index contributed by atoms with van der Waals surface area (Å²) in [7, 11) is 1.70. The number of aromatic nitrogens is 4. The Bertz CT molecular complexity index is 897. The van der Waals surface area contributed by atoms with Crippen molar-refractivity contribution in [2.75, 3.05) is 0 Å². The van der Waals surface area contributed by atoms with Crippen molar-refractivity contribution in [3.8, 4) is 5.69 Å². The highest BCUT2D eigenvalue weighted by Gasteiger charge is 2.10. The molecule has 1 aromatic carbocycles. The molecule has 3 aromatic rings. The van der Waals surface area contributed by atoms with E-state index in [1.54, 1.807) is 25.5 Å². The molecule has 1 amide bonds. The highest BCUT2D eigenvalue weighted by atomic mass is 16.4. The van der Waals surface area contributed by atoms with E-state index in [9.17, 15) is 9.59 Å². The van der Waals surface area contributed by atoms with Gasteiger partial charge in [0.25, 0.3) is 5.91 Å². The molecule has 2 heterocycles. The summed E-state index contributed by atoms with van der Waals surface area (Å²) in [6.07, 6.45) is 3.14. The fourth-order valence-corrected chi connectivity index (χ4v) is 2.26. The van der Waals surface area contributed by atoms with Crippen LogP contribution in [0.5, 0.6) is 0 Å². The smallest absolute Gasteiger partial charge is 0.356 e. The van der Waals surface area contributed by atoms with E-state index in [4.69, 9.17) is 5.11 Å². The lowest BCUT2D eigenvalue weighted by Crippen LogP contribution is -2.25. The van der Waals surface area contributed by atoms with Gasteiger partial charge in [0.15, 0.2) is 5.69 Å². The normalized spacial score (nSPS) is 10.5. The number of nitrogens with one attached hydrogen (secondary N) is 1. The van der Waals surface area contributed by atoms with E-state index in [2.05, 4.69) is 15.5 Å². The summed E-state index contributed by atoms with van der Waals surface area (Å²) in [5.41, 5.74) is 2.04. The molecule has 0 unspecified atom stereocenters. The predicted molar refractivity (Wildman–Crippen MR) is 84.9 cm³/mol. The van der Waals surface area contributed by atoms with E-state index in [1.165, 1.54) is 15.4 Å². The summed E-state index contributed by atoms with van der Waals surface area (Å²) < 4.78 is 2.98. The fourth-order valence-electron chi connectivity index (χ4n) is 2.26. The maximum Gasteiger partial charge on any atom is 0.356 e. The monoisotopic (exact) mass is 325 g/mol. The quantitative estimate of drug-likeness (QED) is 0.734. The second-order valence-electron chi connectivity index (χ2n) is 5.14. The first-order chi connectivity index (χ1) is 11.5. The number of benzene rings is 1. The number of amides is 1. The van der Waals surface area contributed by atoms with Crippen LogP contribution in [0.3, 0.4) is 0 Å².